The zero-order valence-corrected chi connectivity index (χ0v) is 28.7. The van der Waals surface area contributed by atoms with Crippen LogP contribution >= 0.6 is 17.0 Å². The fourth-order valence-electron chi connectivity index (χ4n) is 6.34. The van der Waals surface area contributed by atoms with E-state index in [1.165, 1.54) is 77.2 Å². The van der Waals surface area contributed by atoms with E-state index in [1.807, 2.05) is 0 Å². The van der Waals surface area contributed by atoms with E-state index < -0.39 is 20.8 Å². The zero-order chi connectivity index (χ0) is 30.1. The first kappa shape index (κ1) is 29.7. The Bertz CT molecular complexity index is 2030. The zero-order valence-electron chi connectivity index (χ0n) is 24.7. The number of para-hydroxylation sites is 2. The summed E-state index contributed by atoms with van der Waals surface area (Å²) in [6, 6.07) is 43.3. The van der Waals surface area contributed by atoms with E-state index >= 15 is 0 Å². The van der Waals surface area contributed by atoms with Crippen LogP contribution in [0.5, 0.6) is 0 Å². The Labute approximate surface area is 271 Å². The Kier molecular flexibility index (Phi) is 8.78. The van der Waals surface area contributed by atoms with Gasteiger partial charge in [0.05, 0.1) is 0 Å². The van der Waals surface area contributed by atoms with Crippen molar-refractivity contribution in [2.45, 2.75) is 27.7 Å². The van der Waals surface area contributed by atoms with Crippen molar-refractivity contribution in [3.63, 3.8) is 0 Å². The van der Waals surface area contributed by atoms with Crippen molar-refractivity contribution < 1.29 is 20.8 Å². The Morgan fingerprint density at radius 3 is 1.26 bits per heavy atom. The summed E-state index contributed by atoms with van der Waals surface area (Å²) in [6.45, 7) is 8.83. The number of nitrogens with zero attached hydrogens (tertiary/aromatic N) is 2. The summed E-state index contributed by atoms with van der Waals surface area (Å²) in [5, 5.41) is 7.92. The van der Waals surface area contributed by atoms with Crippen LogP contribution in [0.15, 0.2) is 121 Å². The molecule has 0 bridgehead atoms. The van der Waals surface area contributed by atoms with Gasteiger partial charge in [0.25, 0.3) is 0 Å². The van der Waals surface area contributed by atoms with Crippen molar-refractivity contribution in [3.8, 4) is 11.4 Å². The maximum absolute atomic E-state index is 4.93. The second kappa shape index (κ2) is 12.7. The van der Waals surface area contributed by atoms with Gasteiger partial charge in [0.2, 0.25) is 0 Å². The summed E-state index contributed by atoms with van der Waals surface area (Å²) in [6.07, 6.45) is 0. The second-order valence-corrected chi connectivity index (χ2v) is 14.5. The minimum atomic E-state index is -0.826. The van der Waals surface area contributed by atoms with Crippen LogP contribution in [0.1, 0.15) is 22.5 Å². The number of aromatic nitrogens is 2. The van der Waals surface area contributed by atoms with Gasteiger partial charge in [-0.05, 0) is 72.3 Å². The molecule has 2 heterocycles. The number of fused-ring (bicyclic) bond motifs is 4. The van der Waals surface area contributed by atoms with Crippen LogP contribution in [-0.2, 0) is 20.8 Å². The van der Waals surface area contributed by atoms with Crippen LogP contribution in [0.2, 0.25) is 0 Å². The topological polar surface area (TPSA) is 9.86 Å². The van der Waals surface area contributed by atoms with Gasteiger partial charge >= 0.3 is 37.9 Å². The molecule has 5 heteroatoms. The van der Waals surface area contributed by atoms with Crippen LogP contribution in [0.4, 0.5) is 0 Å². The van der Waals surface area contributed by atoms with E-state index in [4.69, 9.17) is 17.0 Å². The molecule has 0 aliphatic heterocycles. The Balaban J connectivity index is 0.000000141. The molecule has 43 heavy (non-hydrogen) atoms. The van der Waals surface area contributed by atoms with Gasteiger partial charge in [-0.2, -0.15) is 0 Å². The van der Waals surface area contributed by atoms with Crippen molar-refractivity contribution in [1.82, 2.24) is 9.13 Å². The average Bonchev–Trinajstić information content (AvgIpc) is 3.77. The molecule has 2 aromatic heterocycles. The molecule has 0 aliphatic rings. The maximum atomic E-state index is 4.93. The van der Waals surface area contributed by atoms with Crippen LogP contribution in [0.3, 0.4) is 0 Å². The van der Waals surface area contributed by atoms with E-state index in [0.717, 1.165) is 0 Å². The van der Waals surface area contributed by atoms with Gasteiger partial charge in [-0.3, -0.25) is 0 Å². The average molecular weight is 679 g/mol. The quantitative estimate of drug-likeness (QED) is 0.161. The fraction of sp³-hybridized carbons (Fsp3) is 0.105. The SMILES string of the molecule is Cc1c(C)n(-[c-]2ccc3ccccc32)c2ccccc12.Cc1c(C)n(-[c-]2ccc3ccccc32)c2ccccc12.[Cl][Zr+2][Cl]. The van der Waals surface area contributed by atoms with Crippen LogP contribution in [0.25, 0.3) is 54.7 Å². The molecule has 0 spiro atoms. The minimum absolute atomic E-state index is 0.826. The van der Waals surface area contributed by atoms with Crippen LogP contribution in [0, 0.1) is 27.7 Å². The monoisotopic (exact) mass is 676 g/mol. The molecule has 8 rings (SSSR count). The number of hydrogen-bond acceptors (Lipinski definition) is 0. The molecule has 8 aromatic rings. The van der Waals surface area contributed by atoms with Crippen molar-refractivity contribution in [1.29, 1.82) is 0 Å². The van der Waals surface area contributed by atoms with Crippen molar-refractivity contribution in [3.05, 3.63) is 144 Å². The fourth-order valence-corrected chi connectivity index (χ4v) is 6.34. The molecule has 0 fully saturated rings. The predicted molar refractivity (Wildman–Crippen MR) is 183 cm³/mol. The second-order valence-electron chi connectivity index (χ2n) is 10.8. The first-order chi connectivity index (χ1) is 21.0. The molecule has 212 valence electrons. The van der Waals surface area contributed by atoms with Crippen LogP contribution < -0.4 is 0 Å². The van der Waals surface area contributed by atoms with E-state index in [2.05, 4.69) is 158 Å². The van der Waals surface area contributed by atoms with Gasteiger partial charge in [0.1, 0.15) is 0 Å². The molecular weight excluding hydrogens is 647 g/mol. The molecule has 0 amide bonds. The van der Waals surface area contributed by atoms with Crippen molar-refractivity contribution in [2.24, 2.45) is 0 Å². The molecule has 0 saturated carbocycles. The summed E-state index contributed by atoms with van der Waals surface area (Å²) in [7, 11) is 9.87. The molecule has 0 N–H and O–H groups in total. The van der Waals surface area contributed by atoms with Gasteiger partial charge in [-0.1, -0.05) is 130 Å². The summed E-state index contributed by atoms with van der Waals surface area (Å²) >= 11 is -0.826. The van der Waals surface area contributed by atoms with Gasteiger partial charge in [-0.25, -0.2) is 0 Å². The number of rotatable bonds is 2. The third-order valence-electron chi connectivity index (χ3n) is 8.65. The van der Waals surface area contributed by atoms with E-state index in [9.17, 15) is 0 Å². The number of aryl methyl sites for hydroxylation is 2. The molecule has 2 nitrogen and oxygen atoms in total. The van der Waals surface area contributed by atoms with Crippen LogP contribution in [-0.4, -0.2) is 9.13 Å². The van der Waals surface area contributed by atoms with Gasteiger partial charge in [0, 0.05) is 0 Å². The number of hydrogen-bond donors (Lipinski definition) is 0. The van der Waals surface area contributed by atoms with E-state index in [0.29, 0.717) is 0 Å². The Morgan fingerprint density at radius 2 is 0.837 bits per heavy atom. The standard InChI is InChI=1S/2C19H16N.2ClH.Zr/c2*1-13-14(2)20(18-10-6-5-8-16(13)18)19-12-11-15-7-3-4-9-17(15)19;;;/h2*3-12H,1-2H3;2*1H;/q2*-1;;;+4/p-2. The normalized spacial score (nSPS) is 10.9. The third kappa shape index (κ3) is 5.33. The first-order valence-electron chi connectivity index (χ1n) is 14.4. The Morgan fingerprint density at radius 1 is 0.488 bits per heavy atom. The first-order valence-corrected chi connectivity index (χ1v) is 20.7. The van der Waals surface area contributed by atoms with E-state index in [1.54, 1.807) is 0 Å². The van der Waals surface area contributed by atoms with E-state index in [-0.39, 0.29) is 0 Å². The number of benzene rings is 4. The third-order valence-corrected chi connectivity index (χ3v) is 8.65. The predicted octanol–water partition coefficient (Wildman–Crippen LogP) is 11.6. The Hall–Kier alpha value is -3.36. The molecule has 0 saturated heterocycles. The molecular formula is C38H32Cl2N2Zr. The molecule has 6 aromatic carbocycles. The molecule has 0 aliphatic carbocycles. The number of halogens is 2. The summed E-state index contributed by atoms with van der Waals surface area (Å²) in [4.78, 5) is 0. The molecule has 0 atom stereocenters. The summed E-state index contributed by atoms with van der Waals surface area (Å²) in [5.41, 5.74) is 10.5. The van der Waals surface area contributed by atoms with Gasteiger partial charge < -0.3 is 9.13 Å². The summed E-state index contributed by atoms with van der Waals surface area (Å²) in [5.74, 6) is 0. The van der Waals surface area contributed by atoms with Gasteiger partial charge in [-0.15, -0.1) is 24.3 Å². The van der Waals surface area contributed by atoms with Crippen molar-refractivity contribution >= 4 is 60.4 Å². The van der Waals surface area contributed by atoms with Crippen molar-refractivity contribution in [2.75, 3.05) is 0 Å². The molecule has 0 unspecified atom stereocenters. The molecule has 0 radical (unpaired) electrons. The van der Waals surface area contributed by atoms with Gasteiger partial charge in [0.15, 0.2) is 0 Å². The summed E-state index contributed by atoms with van der Waals surface area (Å²) < 4.78 is 4.76.